The van der Waals surface area contributed by atoms with Gasteiger partial charge >= 0.3 is 5.97 Å². The number of carboxylic acid groups (broad SMARTS) is 1. The zero-order valence-electron chi connectivity index (χ0n) is 14.4. The Hall–Kier alpha value is -2.63. The summed E-state index contributed by atoms with van der Waals surface area (Å²) in [5.41, 5.74) is 1.07. The molecule has 0 unspecified atom stereocenters. The van der Waals surface area contributed by atoms with Crippen molar-refractivity contribution in [2.75, 3.05) is 24.6 Å². The van der Waals surface area contributed by atoms with Crippen LogP contribution < -0.4 is 9.64 Å². The molecule has 6 heteroatoms. The van der Waals surface area contributed by atoms with E-state index in [-0.39, 0.29) is 12.5 Å². The van der Waals surface area contributed by atoms with Crippen LogP contribution in [0.5, 0.6) is 5.75 Å². The first-order valence-corrected chi connectivity index (χ1v) is 8.58. The number of aryl methyl sites for hydroxylation is 2. The number of rotatable bonds is 3. The first kappa shape index (κ1) is 15.9. The molecule has 2 atom stereocenters. The van der Waals surface area contributed by atoms with Crippen molar-refractivity contribution >= 4 is 11.8 Å². The van der Waals surface area contributed by atoms with Crippen molar-refractivity contribution in [3.8, 4) is 5.75 Å². The zero-order valence-corrected chi connectivity index (χ0v) is 14.4. The summed E-state index contributed by atoms with van der Waals surface area (Å²) in [6.07, 6.45) is 2.65. The fraction of sp³-hybridized carbons (Fsp3) is 0.421. The number of ether oxygens (including phenoxy) is 1. The van der Waals surface area contributed by atoms with Crippen LogP contribution in [0.1, 0.15) is 29.8 Å². The Morgan fingerprint density at radius 2 is 2.24 bits per heavy atom. The van der Waals surface area contributed by atoms with Crippen molar-refractivity contribution < 1.29 is 14.6 Å². The Bertz CT molecular complexity index is 838. The van der Waals surface area contributed by atoms with E-state index >= 15 is 0 Å². The minimum atomic E-state index is -0.946. The topological polar surface area (TPSA) is 75.5 Å². The average molecular weight is 339 g/mol. The molecule has 1 aromatic carbocycles. The maximum Gasteiger partial charge on any atom is 0.315 e. The van der Waals surface area contributed by atoms with Gasteiger partial charge in [-0.05, 0) is 19.4 Å². The first-order chi connectivity index (χ1) is 12.0. The lowest BCUT2D eigenvalue weighted by Crippen LogP contribution is -2.45. The number of aromatic nitrogens is 2. The zero-order chi connectivity index (χ0) is 17.6. The minimum absolute atomic E-state index is 0.116. The van der Waals surface area contributed by atoms with Crippen molar-refractivity contribution in [3.05, 3.63) is 47.4 Å². The van der Waals surface area contributed by atoms with Gasteiger partial charge in [0.1, 0.15) is 29.4 Å². The number of aliphatic carboxylic acids is 1. The summed E-state index contributed by atoms with van der Waals surface area (Å²) in [7, 11) is 0. The molecule has 0 bridgehead atoms. The normalized spacial score (nSPS) is 24.4. The second-order valence-corrected chi connectivity index (χ2v) is 6.84. The molecule has 6 nitrogen and oxygen atoms in total. The Morgan fingerprint density at radius 3 is 3.00 bits per heavy atom. The smallest absolute Gasteiger partial charge is 0.315 e. The molecule has 1 N–H and O–H groups in total. The van der Waals surface area contributed by atoms with Gasteiger partial charge in [0, 0.05) is 36.3 Å². The van der Waals surface area contributed by atoms with Gasteiger partial charge in [-0.25, -0.2) is 9.97 Å². The van der Waals surface area contributed by atoms with Crippen LogP contribution in [0.4, 0.5) is 5.82 Å². The quantitative estimate of drug-likeness (QED) is 0.925. The molecule has 2 aliphatic heterocycles. The molecule has 130 valence electrons. The maximum absolute atomic E-state index is 12.2. The van der Waals surface area contributed by atoms with Crippen molar-refractivity contribution in [2.45, 2.75) is 26.2 Å². The van der Waals surface area contributed by atoms with Crippen LogP contribution in [0.15, 0.2) is 30.5 Å². The fourth-order valence-electron chi connectivity index (χ4n) is 4.01. The van der Waals surface area contributed by atoms with Gasteiger partial charge in [-0.1, -0.05) is 25.1 Å². The third kappa shape index (κ3) is 2.35. The maximum atomic E-state index is 12.2. The van der Waals surface area contributed by atoms with Gasteiger partial charge in [0.15, 0.2) is 0 Å². The predicted octanol–water partition coefficient (Wildman–Crippen LogP) is 2.41. The lowest BCUT2D eigenvalue weighted by atomic mass is 9.73. The Balaban J connectivity index is 1.79. The number of fused-ring (bicyclic) bond motifs is 3. The molecule has 0 saturated carbocycles. The third-order valence-electron chi connectivity index (χ3n) is 5.39. The van der Waals surface area contributed by atoms with E-state index in [1.165, 1.54) is 0 Å². The highest BCUT2D eigenvalue weighted by molar-refractivity contribution is 5.80. The van der Waals surface area contributed by atoms with E-state index in [4.69, 9.17) is 4.74 Å². The molecular formula is C19H21N3O3. The number of para-hydroxylation sites is 1. The Labute approximate surface area is 146 Å². The molecule has 0 amide bonds. The lowest BCUT2D eigenvalue weighted by Gasteiger charge is -2.35. The van der Waals surface area contributed by atoms with E-state index < -0.39 is 11.4 Å². The molecule has 25 heavy (non-hydrogen) atoms. The first-order valence-electron chi connectivity index (χ1n) is 8.58. The number of hydrogen-bond donors (Lipinski definition) is 1. The average Bonchev–Trinajstić information content (AvgIpc) is 3.03. The van der Waals surface area contributed by atoms with Gasteiger partial charge < -0.3 is 14.7 Å². The summed E-state index contributed by atoms with van der Waals surface area (Å²) in [6.45, 7) is 5.12. The van der Waals surface area contributed by atoms with E-state index in [9.17, 15) is 9.90 Å². The highest BCUT2D eigenvalue weighted by Gasteiger charge is 2.57. The molecule has 2 aromatic rings. The predicted molar refractivity (Wildman–Crippen MR) is 93.1 cm³/mol. The second-order valence-electron chi connectivity index (χ2n) is 6.84. The molecule has 4 rings (SSSR count). The summed E-state index contributed by atoms with van der Waals surface area (Å²) in [5.74, 6) is 1.42. The van der Waals surface area contributed by atoms with Gasteiger partial charge in [-0.2, -0.15) is 0 Å². The Kier molecular flexibility index (Phi) is 3.63. The molecule has 3 heterocycles. The van der Waals surface area contributed by atoms with E-state index in [0.29, 0.717) is 18.9 Å². The van der Waals surface area contributed by atoms with E-state index in [1.807, 2.05) is 37.4 Å². The second kappa shape index (κ2) is 5.72. The number of carboxylic acids is 1. The van der Waals surface area contributed by atoms with E-state index in [0.717, 1.165) is 29.1 Å². The largest absolute Gasteiger partial charge is 0.492 e. The van der Waals surface area contributed by atoms with Crippen LogP contribution in [-0.4, -0.2) is 40.7 Å². The van der Waals surface area contributed by atoms with Gasteiger partial charge in [-0.15, -0.1) is 0 Å². The summed E-state index contributed by atoms with van der Waals surface area (Å²) in [6, 6.07) is 7.75. The van der Waals surface area contributed by atoms with E-state index in [1.54, 1.807) is 0 Å². The molecular weight excluding hydrogens is 318 g/mol. The van der Waals surface area contributed by atoms with Crippen molar-refractivity contribution in [3.63, 3.8) is 0 Å². The monoisotopic (exact) mass is 339 g/mol. The van der Waals surface area contributed by atoms with Crippen molar-refractivity contribution in [2.24, 2.45) is 5.41 Å². The number of hydrogen-bond acceptors (Lipinski definition) is 5. The molecule has 0 aliphatic carbocycles. The molecule has 1 aromatic heterocycles. The van der Waals surface area contributed by atoms with Crippen LogP contribution >= 0.6 is 0 Å². The van der Waals surface area contributed by atoms with Gasteiger partial charge in [0.05, 0.1) is 0 Å². The van der Waals surface area contributed by atoms with Crippen LogP contribution in [-0.2, 0) is 11.2 Å². The molecule has 0 spiro atoms. The summed E-state index contributed by atoms with van der Waals surface area (Å²) in [5, 5.41) is 10.0. The van der Waals surface area contributed by atoms with E-state index in [2.05, 4.69) is 21.8 Å². The summed E-state index contributed by atoms with van der Waals surface area (Å²) in [4.78, 5) is 23.2. The van der Waals surface area contributed by atoms with Crippen LogP contribution in [0, 0.1) is 12.3 Å². The number of benzene rings is 1. The van der Waals surface area contributed by atoms with Gasteiger partial charge in [-0.3, -0.25) is 4.79 Å². The van der Waals surface area contributed by atoms with Gasteiger partial charge in [0.2, 0.25) is 0 Å². The van der Waals surface area contributed by atoms with Crippen LogP contribution in [0.3, 0.4) is 0 Å². The van der Waals surface area contributed by atoms with Crippen molar-refractivity contribution in [1.82, 2.24) is 9.97 Å². The summed E-state index contributed by atoms with van der Waals surface area (Å²) >= 11 is 0. The van der Waals surface area contributed by atoms with Gasteiger partial charge in [0.25, 0.3) is 0 Å². The molecule has 1 fully saturated rings. The lowest BCUT2D eigenvalue weighted by molar-refractivity contribution is -0.151. The Morgan fingerprint density at radius 1 is 1.44 bits per heavy atom. The minimum Gasteiger partial charge on any atom is -0.492 e. The number of nitrogens with zero attached hydrogens (tertiary/aromatic N) is 3. The molecule has 1 saturated heterocycles. The van der Waals surface area contributed by atoms with Crippen molar-refractivity contribution in [1.29, 1.82) is 0 Å². The highest BCUT2D eigenvalue weighted by atomic mass is 16.5. The number of anilines is 1. The fourth-order valence-corrected chi connectivity index (χ4v) is 4.01. The number of carbonyl (C=O) groups is 1. The molecule has 2 aliphatic rings. The summed E-state index contributed by atoms with van der Waals surface area (Å²) < 4.78 is 5.83. The SMILES string of the molecule is CCc1cnc(C)nc1N1C[C@@H]2c3ccccc3OC[C@]2(C(=O)O)C1. The molecule has 0 radical (unpaired) electrons. The van der Waals surface area contributed by atoms with Crippen LogP contribution in [0.2, 0.25) is 0 Å². The van der Waals surface area contributed by atoms with Crippen LogP contribution in [0.25, 0.3) is 0 Å². The highest BCUT2D eigenvalue weighted by Crippen LogP contribution is 2.50. The standard InChI is InChI=1S/C19H21N3O3/c1-3-13-8-20-12(2)21-17(13)22-9-15-14-6-4-5-7-16(14)25-11-19(15,10-22)18(23)24/h4-8,15H,3,9-11H2,1-2H3,(H,23,24)/t15-,19-/m1/s1. The third-order valence-corrected chi connectivity index (χ3v) is 5.39.